The van der Waals surface area contributed by atoms with Gasteiger partial charge in [-0.1, -0.05) is 30.3 Å². The Morgan fingerprint density at radius 3 is 2.38 bits per heavy atom. The van der Waals surface area contributed by atoms with Crippen LogP contribution in [-0.4, -0.2) is 26.8 Å². The highest BCUT2D eigenvalue weighted by Gasteiger charge is 2.44. The topological polar surface area (TPSA) is 77.8 Å². The van der Waals surface area contributed by atoms with E-state index in [4.69, 9.17) is 0 Å². The highest BCUT2D eigenvalue weighted by atomic mass is 32.1. The second-order valence-corrected chi connectivity index (χ2v) is 8.14. The smallest absolute Gasteiger partial charge is 0.416 e. The van der Waals surface area contributed by atoms with E-state index in [1.54, 1.807) is 17.5 Å². The third-order valence-corrected chi connectivity index (χ3v) is 5.98. The molecule has 0 saturated carbocycles. The predicted octanol–water partition coefficient (Wildman–Crippen LogP) is 5.25. The van der Waals surface area contributed by atoms with Crippen LogP contribution in [0.2, 0.25) is 0 Å². The first kappa shape index (κ1) is 21.6. The maximum Gasteiger partial charge on any atom is 0.416 e. The largest absolute Gasteiger partial charge is 0.508 e. The number of halogens is 3. The number of phenols is 1. The predicted molar refractivity (Wildman–Crippen MR) is 111 cm³/mol. The van der Waals surface area contributed by atoms with Crippen molar-refractivity contribution < 1.29 is 33.0 Å². The Labute approximate surface area is 184 Å². The van der Waals surface area contributed by atoms with Gasteiger partial charge in [-0.05, 0) is 46.8 Å². The number of alkyl halides is 3. The van der Waals surface area contributed by atoms with Gasteiger partial charge in [0.25, 0.3) is 5.91 Å². The zero-order valence-electron chi connectivity index (χ0n) is 16.3. The highest BCUT2D eigenvalue weighted by molar-refractivity contribution is 7.12. The molecule has 1 aliphatic rings. The first-order valence-electron chi connectivity index (χ1n) is 9.44. The molecule has 1 unspecified atom stereocenters. The summed E-state index contributed by atoms with van der Waals surface area (Å²) in [7, 11) is 0. The number of aromatic hydroxyl groups is 1. The molecule has 2 N–H and O–H groups in total. The minimum Gasteiger partial charge on any atom is -0.508 e. The van der Waals surface area contributed by atoms with E-state index in [0.29, 0.717) is 10.4 Å². The van der Waals surface area contributed by atoms with Gasteiger partial charge in [0.1, 0.15) is 5.75 Å². The van der Waals surface area contributed by atoms with E-state index >= 15 is 0 Å². The van der Waals surface area contributed by atoms with Gasteiger partial charge in [-0.3, -0.25) is 9.59 Å². The van der Waals surface area contributed by atoms with Gasteiger partial charge in [0, 0.05) is 6.54 Å². The summed E-state index contributed by atoms with van der Waals surface area (Å²) in [5.41, 5.74) is -0.410. The lowest BCUT2D eigenvalue weighted by atomic mass is 9.95. The monoisotopic (exact) mass is 459 g/mol. The molecule has 0 radical (unpaired) electrons. The van der Waals surface area contributed by atoms with E-state index in [1.165, 1.54) is 36.4 Å². The molecular formula is C23H16F3NO4S. The minimum absolute atomic E-state index is 0.0400. The van der Waals surface area contributed by atoms with Crippen LogP contribution in [0.3, 0.4) is 0 Å². The first-order chi connectivity index (χ1) is 15.2. The molecule has 0 aliphatic carbocycles. The van der Waals surface area contributed by atoms with Crippen LogP contribution in [0.25, 0.3) is 0 Å². The van der Waals surface area contributed by atoms with Crippen LogP contribution < -0.4 is 0 Å². The number of benzene rings is 2. The molecule has 1 atom stereocenters. The molecule has 0 saturated heterocycles. The number of phenolic OH excluding ortho intramolecular Hbond substituents is 1. The lowest BCUT2D eigenvalue weighted by molar-refractivity contribution is -0.137. The molecule has 1 aliphatic heterocycles. The van der Waals surface area contributed by atoms with E-state index in [2.05, 4.69) is 0 Å². The number of Topliss-reactive ketones (excluding diaryl/α,β-unsaturated/α-hetero) is 1. The summed E-state index contributed by atoms with van der Waals surface area (Å²) < 4.78 is 39.4. The molecule has 9 heteroatoms. The molecule has 0 fully saturated rings. The van der Waals surface area contributed by atoms with Gasteiger partial charge in [0.05, 0.1) is 22.1 Å². The lowest BCUT2D eigenvalue weighted by Crippen LogP contribution is -2.30. The van der Waals surface area contributed by atoms with Crippen LogP contribution in [0.1, 0.15) is 32.4 Å². The summed E-state index contributed by atoms with van der Waals surface area (Å²) in [6.45, 7) is -0.264. The molecule has 1 aromatic heterocycles. The number of thiophene rings is 1. The summed E-state index contributed by atoms with van der Waals surface area (Å²) in [5, 5.41) is 21.9. The molecule has 3 aromatic rings. The second kappa shape index (κ2) is 8.16. The Balaban J connectivity index is 1.77. The molecule has 4 rings (SSSR count). The third-order valence-electron chi connectivity index (χ3n) is 5.11. The van der Waals surface area contributed by atoms with Crippen molar-refractivity contribution in [2.75, 3.05) is 0 Å². The van der Waals surface area contributed by atoms with Crippen LogP contribution in [0, 0.1) is 0 Å². The van der Waals surface area contributed by atoms with E-state index in [-0.39, 0.29) is 23.4 Å². The number of aliphatic hydroxyl groups excluding tert-OH is 1. The van der Waals surface area contributed by atoms with Crippen molar-refractivity contribution in [1.29, 1.82) is 0 Å². The fourth-order valence-corrected chi connectivity index (χ4v) is 4.31. The second-order valence-electron chi connectivity index (χ2n) is 7.19. The minimum atomic E-state index is -4.55. The van der Waals surface area contributed by atoms with Crippen LogP contribution in [0.5, 0.6) is 5.75 Å². The zero-order chi connectivity index (χ0) is 23.0. The Bertz CT molecular complexity index is 1200. The number of ketones is 1. The number of hydrogen-bond acceptors (Lipinski definition) is 5. The first-order valence-corrected chi connectivity index (χ1v) is 10.3. The average molecular weight is 459 g/mol. The van der Waals surface area contributed by atoms with E-state index < -0.39 is 35.2 Å². The van der Waals surface area contributed by atoms with E-state index in [9.17, 15) is 33.0 Å². The molecular weight excluding hydrogens is 443 g/mol. The van der Waals surface area contributed by atoms with Gasteiger partial charge < -0.3 is 15.1 Å². The maximum absolute atomic E-state index is 13.1. The van der Waals surface area contributed by atoms with Crippen molar-refractivity contribution in [2.24, 2.45) is 0 Å². The summed E-state index contributed by atoms with van der Waals surface area (Å²) in [4.78, 5) is 27.5. The van der Waals surface area contributed by atoms with Crippen LogP contribution in [0.4, 0.5) is 13.2 Å². The summed E-state index contributed by atoms with van der Waals surface area (Å²) in [6.07, 6.45) is -4.55. The Morgan fingerprint density at radius 1 is 1.03 bits per heavy atom. The van der Waals surface area contributed by atoms with Crippen molar-refractivity contribution >= 4 is 23.0 Å². The molecule has 0 bridgehead atoms. The molecule has 0 spiro atoms. The van der Waals surface area contributed by atoms with Crippen molar-refractivity contribution in [3.8, 4) is 5.75 Å². The highest BCUT2D eigenvalue weighted by Crippen LogP contribution is 2.41. The third kappa shape index (κ3) is 3.99. The lowest BCUT2D eigenvalue weighted by Gasteiger charge is -2.27. The standard InChI is InChI=1S/C23H16F3NO4S/c24-23(25,26)15-4-1-3-13(11-15)12-27-19(14-6-8-16(28)9-7-14)18(21(30)22(27)31)20(29)17-5-2-10-32-17/h1-11,19,28,30H,12H2. The fourth-order valence-electron chi connectivity index (χ4n) is 3.64. The Kier molecular flexibility index (Phi) is 5.52. The van der Waals surface area contributed by atoms with Gasteiger partial charge in [-0.2, -0.15) is 13.2 Å². The van der Waals surface area contributed by atoms with Crippen LogP contribution in [0.15, 0.2) is 77.4 Å². The van der Waals surface area contributed by atoms with Crippen molar-refractivity contribution in [1.82, 2.24) is 4.90 Å². The summed E-state index contributed by atoms with van der Waals surface area (Å²) >= 11 is 1.14. The maximum atomic E-state index is 13.1. The SMILES string of the molecule is O=C(C1=C(O)C(=O)N(Cc2cccc(C(F)(F)F)c2)C1c1ccc(O)cc1)c1cccs1. The number of hydrogen-bond donors (Lipinski definition) is 2. The van der Waals surface area contributed by atoms with Crippen molar-refractivity contribution in [3.63, 3.8) is 0 Å². The molecule has 5 nitrogen and oxygen atoms in total. The molecule has 2 aromatic carbocycles. The number of carbonyl (C=O) groups is 2. The average Bonchev–Trinajstić information content (AvgIpc) is 3.37. The zero-order valence-corrected chi connectivity index (χ0v) is 17.2. The van der Waals surface area contributed by atoms with Gasteiger partial charge in [0.2, 0.25) is 5.78 Å². The number of aliphatic hydroxyl groups is 1. The van der Waals surface area contributed by atoms with E-state index in [1.807, 2.05) is 0 Å². The molecule has 32 heavy (non-hydrogen) atoms. The summed E-state index contributed by atoms with van der Waals surface area (Å²) in [6, 6.07) is 12.4. The van der Waals surface area contributed by atoms with Gasteiger partial charge in [0.15, 0.2) is 5.76 Å². The number of nitrogens with zero attached hydrogens (tertiary/aromatic N) is 1. The van der Waals surface area contributed by atoms with Crippen LogP contribution >= 0.6 is 11.3 Å². The number of rotatable bonds is 5. The van der Waals surface area contributed by atoms with Crippen molar-refractivity contribution in [3.05, 3.63) is 98.9 Å². The van der Waals surface area contributed by atoms with Crippen LogP contribution in [-0.2, 0) is 17.5 Å². The van der Waals surface area contributed by atoms with Gasteiger partial charge in [-0.25, -0.2) is 0 Å². The molecule has 2 heterocycles. The normalized spacial score (nSPS) is 16.7. The van der Waals surface area contributed by atoms with E-state index in [0.717, 1.165) is 28.4 Å². The van der Waals surface area contributed by atoms with Gasteiger partial charge >= 0.3 is 6.18 Å². The number of amides is 1. The fraction of sp³-hybridized carbons (Fsp3) is 0.130. The van der Waals surface area contributed by atoms with Crippen molar-refractivity contribution in [2.45, 2.75) is 18.8 Å². The quantitative estimate of drug-likeness (QED) is 0.511. The Morgan fingerprint density at radius 2 is 1.75 bits per heavy atom. The summed E-state index contributed by atoms with van der Waals surface area (Å²) in [5.74, 6) is -2.19. The number of carbonyl (C=O) groups excluding carboxylic acids is 2. The van der Waals surface area contributed by atoms with Gasteiger partial charge in [-0.15, -0.1) is 11.3 Å². The molecule has 164 valence electrons. The molecule has 1 amide bonds. The Hall–Kier alpha value is -3.59.